The average Bonchev–Trinajstić information content (AvgIpc) is 3.42. The van der Waals surface area contributed by atoms with Crippen LogP contribution in [0.15, 0.2) is 18.2 Å². The summed E-state index contributed by atoms with van der Waals surface area (Å²) in [7, 11) is 1.64. The van der Waals surface area contributed by atoms with Crippen LogP contribution in [0, 0.1) is 5.92 Å². The van der Waals surface area contributed by atoms with Gasteiger partial charge in [-0.2, -0.15) is 0 Å². The Hall–Kier alpha value is -2.24. The van der Waals surface area contributed by atoms with Crippen molar-refractivity contribution >= 4 is 11.8 Å². The van der Waals surface area contributed by atoms with Gasteiger partial charge in [-0.25, -0.2) is 0 Å². The van der Waals surface area contributed by atoms with Gasteiger partial charge in [0.15, 0.2) is 11.5 Å². The number of carbonyl (C=O) groups excluding carboxylic acids is 2. The Labute approximate surface area is 167 Å². The highest BCUT2D eigenvalue weighted by molar-refractivity contribution is 5.81. The molecule has 2 fully saturated rings. The summed E-state index contributed by atoms with van der Waals surface area (Å²) < 4.78 is 11.6. The summed E-state index contributed by atoms with van der Waals surface area (Å²) in [4.78, 5) is 23.8. The van der Waals surface area contributed by atoms with Crippen molar-refractivity contribution in [1.29, 1.82) is 0 Å². The molecular formula is C22H32N2O4. The molecule has 1 unspecified atom stereocenters. The quantitative estimate of drug-likeness (QED) is 0.602. The van der Waals surface area contributed by atoms with E-state index < -0.39 is 0 Å². The molecule has 2 aliphatic rings. The summed E-state index contributed by atoms with van der Waals surface area (Å²) in [5.74, 6) is 1.79. The fourth-order valence-corrected chi connectivity index (χ4v) is 3.58. The Kier molecular flexibility index (Phi) is 7.18. The first-order chi connectivity index (χ1) is 13.6. The lowest BCUT2D eigenvalue weighted by Gasteiger charge is -2.19. The Bertz CT molecular complexity index is 681. The molecule has 0 aromatic heterocycles. The highest BCUT2D eigenvalue weighted by Crippen LogP contribution is 2.33. The van der Waals surface area contributed by atoms with Gasteiger partial charge in [0, 0.05) is 18.9 Å². The molecular weight excluding hydrogens is 356 g/mol. The SMILES string of the molecule is COc1cc(C(C)NC(=O)CCCNC(=O)C2CC2)ccc1OC1CCCC1. The summed E-state index contributed by atoms with van der Waals surface area (Å²) in [5.41, 5.74) is 0.978. The molecule has 2 aliphatic carbocycles. The number of ether oxygens (including phenoxy) is 2. The minimum absolute atomic E-state index is 0.0154. The van der Waals surface area contributed by atoms with Gasteiger partial charge in [0.25, 0.3) is 0 Å². The molecule has 0 saturated heterocycles. The summed E-state index contributed by atoms with van der Waals surface area (Å²) in [6.45, 7) is 2.51. The van der Waals surface area contributed by atoms with E-state index in [1.807, 2.05) is 25.1 Å². The van der Waals surface area contributed by atoms with E-state index in [0.29, 0.717) is 25.1 Å². The predicted molar refractivity (Wildman–Crippen MR) is 107 cm³/mol. The van der Waals surface area contributed by atoms with Crippen LogP contribution < -0.4 is 20.1 Å². The highest BCUT2D eigenvalue weighted by Gasteiger charge is 2.29. The first kappa shape index (κ1) is 20.5. The van der Waals surface area contributed by atoms with E-state index in [0.717, 1.165) is 37.0 Å². The molecule has 0 aliphatic heterocycles. The van der Waals surface area contributed by atoms with Gasteiger partial charge in [0.05, 0.1) is 19.3 Å². The highest BCUT2D eigenvalue weighted by atomic mass is 16.5. The van der Waals surface area contributed by atoms with Gasteiger partial charge in [-0.15, -0.1) is 0 Å². The molecule has 2 amide bonds. The second kappa shape index (κ2) is 9.80. The number of carbonyl (C=O) groups is 2. The lowest BCUT2D eigenvalue weighted by Crippen LogP contribution is -2.29. The van der Waals surface area contributed by atoms with Crippen LogP contribution in [0.5, 0.6) is 11.5 Å². The molecule has 0 radical (unpaired) electrons. The molecule has 1 aromatic rings. The second-order valence-corrected chi connectivity index (χ2v) is 7.89. The Morgan fingerprint density at radius 2 is 1.89 bits per heavy atom. The van der Waals surface area contributed by atoms with Crippen molar-refractivity contribution in [3.05, 3.63) is 23.8 Å². The van der Waals surface area contributed by atoms with Crippen LogP contribution >= 0.6 is 0 Å². The average molecular weight is 389 g/mol. The zero-order valence-corrected chi connectivity index (χ0v) is 17.0. The third kappa shape index (κ3) is 5.88. The molecule has 0 bridgehead atoms. The fraction of sp³-hybridized carbons (Fsp3) is 0.636. The van der Waals surface area contributed by atoms with Crippen LogP contribution in [-0.2, 0) is 9.59 Å². The molecule has 3 rings (SSSR count). The first-order valence-electron chi connectivity index (χ1n) is 10.5. The molecule has 1 atom stereocenters. The molecule has 6 nitrogen and oxygen atoms in total. The van der Waals surface area contributed by atoms with Crippen molar-refractivity contribution in [2.45, 2.75) is 70.4 Å². The lowest BCUT2D eigenvalue weighted by atomic mass is 10.1. The van der Waals surface area contributed by atoms with E-state index in [2.05, 4.69) is 10.6 Å². The van der Waals surface area contributed by atoms with Crippen molar-refractivity contribution in [3.8, 4) is 11.5 Å². The van der Waals surface area contributed by atoms with E-state index in [1.165, 1.54) is 12.8 Å². The Morgan fingerprint density at radius 3 is 2.57 bits per heavy atom. The summed E-state index contributed by atoms with van der Waals surface area (Å²) in [6.07, 6.45) is 7.95. The molecule has 6 heteroatoms. The molecule has 0 spiro atoms. The Balaban J connectivity index is 1.45. The van der Waals surface area contributed by atoms with Crippen LogP contribution in [0.25, 0.3) is 0 Å². The van der Waals surface area contributed by atoms with E-state index >= 15 is 0 Å². The smallest absolute Gasteiger partial charge is 0.223 e. The third-order valence-electron chi connectivity index (χ3n) is 5.49. The van der Waals surface area contributed by atoms with Gasteiger partial charge in [-0.3, -0.25) is 9.59 Å². The maximum absolute atomic E-state index is 12.2. The van der Waals surface area contributed by atoms with Crippen molar-refractivity contribution in [3.63, 3.8) is 0 Å². The van der Waals surface area contributed by atoms with Crippen LogP contribution in [0.1, 0.15) is 69.9 Å². The van der Waals surface area contributed by atoms with E-state index in [1.54, 1.807) is 7.11 Å². The topological polar surface area (TPSA) is 76.7 Å². The van der Waals surface area contributed by atoms with Gasteiger partial charge >= 0.3 is 0 Å². The fourth-order valence-electron chi connectivity index (χ4n) is 3.58. The monoisotopic (exact) mass is 388 g/mol. The van der Waals surface area contributed by atoms with Crippen LogP contribution in [0.4, 0.5) is 0 Å². The first-order valence-corrected chi connectivity index (χ1v) is 10.5. The molecule has 154 valence electrons. The maximum atomic E-state index is 12.2. The zero-order chi connectivity index (χ0) is 19.9. The number of nitrogens with one attached hydrogen (secondary N) is 2. The van der Waals surface area contributed by atoms with Crippen LogP contribution in [0.2, 0.25) is 0 Å². The second-order valence-electron chi connectivity index (χ2n) is 7.89. The minimum atomic E-state index is -0.122. The van der Waals surface area contributed by atoms with Crippen LogP contribution in [-0.4, -0.2) is 31.6 Å². The standard InChI is InChI=1S/C22H32N2O4/c1-15(24-21(25)8-5-13-23-22(26)16-9-10-16)17-11-12-19(20(14-17)27-2)28-18-6-3-4-7-18/h11-12,14-16,18H,3-10,13H2,1-2H3,(H,23,26)(H,24,25). The third-order valence-corrected chi connectivity index (χ3v) is 5.49. The van der Waals surface area contributed by atoms with Gasteiger partial charge in [0.1, 0.15) is 0 Å². The summed E-state index contributed by atoms with van der Waals surface area (Å²) in [5, 5.41) is 5.90. The number of hydrogen-bond acceptors (Lipinski definition) is 4. The number of amides is 2. The molecule has 0 heterocycles. The van der Waals surface area contributed by atoms with Gasteiger partial charge in [-0.1, -0.05) is 6.07 Å². The van der Waals surface area contributed by atoms with Gasteiger partial charge < -0.3 is 20.1 Å². The Morgan fingerprint density at radius 1 is 1.14 bits per heavy atom. The minimum Gasteiger partial charge on any atom is -0.493 e. The summed E-state index contributed by atoms with van der Waals surface area (Å²) >= 11 is 0. The number of benzene rings is 1. The van der Waals surface area contributed by atoms with E-state index in [-0.39, 0.29) is 29.9 Å². The van der Waals surface area contributed by atoms with Crippen molar-refractivity contribution in [2.75, 3.05) is 13.7 Å². The van der Waals surface area contributed by atoms with E-state index in [9.17, 15) is 9.59 Å². The largest absolute Gasteiger partial charge is 0.493 e. The van der Waals surface area contributed by atoms with Crippen LogP contribution in [0.3, 0.4) is 0 Å². The molecule has 1 aromatic carbocycles. The summed E-state index contributed by atoms with van der Waals surface area (Å²) in [6, 6.07) is 5.73. The van der Waals surface area contributed by atoms with Crippen molar-refractivity contribution in [2.24, 2.45) is 5.92 Å². The van der Waals surface area contributed by atoms with Gasteiger partial charge in [0.2, 0.25) is 11.8 Å². The molecule has 2 saturated carbocycles. The van der Waals surface area contributed by atoms with Gasteiger partial charge in [-0.05, 0) is 69.6 Å². The molecule has 2 N–H and O–H groups in total. The van der Waals surface area contributed by atoms with E-state index in [4.69, 9.17) is 9.47 Å². The number of hydrogen-bond donors (Lipinski definition) is 2. The predicted octanol–water partition coefficient (Wildman–Crippen LogP) is 3.50. The van der Waals surface area contributed by atoms with Crippen molar-refractivity contribution in [1.82, 2.24) is 10.6 Å². The number of rotatable bonds is 10. The number of methoxy groups -OCH3 is 1. The zero-order valence-electron chi connectivity index (χ0n) is 17.0. The lowest BCUT2D eigenvalue weighted by molar-refractivity contribution is -0.123. The van der Waals surface area contributed by atoms with Crippen molar-refractivity contribution < 1.29 is 19.1 Å². The molecule has 28 heavy (non-hydrogen) atoms. The maximum Gasteiger partial charge on any atom is 0.223 e. The normalized spacial score (nSPS) is 17.8.